The van der Waals surface area contributed by atoms with E-state index in [1.54, 1.807) is 35.6 Å². The molecule has 0 saturated heterocycles. The van der Waals surface area contributed by atoms with E-state index in [9.17, 15) is 4.79 Å². The molecular weight excluding hydrogens is 410 g/mol. The molecule has 2 aromatic carbocycles. The average Bonchev–Trinajstić information content (AvgIpc) is 3.37. The third-order valence-corrected chi connectivity index (χ3v) is 6.18. The highest BCUT2D eigenvalue weighted by atomic mass is 35.5. The van der Waals surface area contributed by atoms with Crippen molar-refractivity contribution in [3.8, 4) is 5.69 Å². The van der Waals surface area contributed by atoms with Gasteiger partial charge in [0.1, 0.15) is 5.82 Å². The Hall–Kier alpha value is -2.41. The summed E-state index contributed by atoms with van der Waals surface area (Å²) in [4.78, 5) is 13.7. The fourth-order valence-corrected chi connectivity index (χ4v) is 4.46. The van der Waals surface area contributed by atoms with Crippen molar-refractivity contribution >= 4 is 40.5 Å². The minimum Gasteiger partial charge on any atom is -0.293 e. The molecule has 0 radical (unpaired) electrons. The highest BCUT2D eigenvalue weighted by molar-refractivity contribution is 7.99. The summed E-state index contributed by atoms with van der Waals surface area (Å²) in [5, 5.41) is 12.1. The fraction of sp³-hybridized carbons (Fsp3) is 0.0952. The molecule has 4 rings (SSSR count). The summed E-state index contributed by atoms with van der Waals surface area (Å²) in [6.07, 6.45) is 0.700. The van der Waals surface area contributed by atoms with Crippen LogP contribution in [0.4, 0.5) is 0 Å². The SMILES string of the molecule is O=C(CSc1nnc(Cc2cccs2)n1-c1ccccc1)c1ccc(Cl)cc1. The van der Waals surface area contributed by atoms with E-state index in [0.717, 1.165) is 11.5 Å². The van der Waals surface area contributed by atoms with Crippen LogP contribution >= 0.6 is 34.7 Å². The van der Waals surface area contributed by atoms with Gasteiger partial charge in [-0.1, -0.05) is 47.6 Å². The maximum Gasteiger partial charge on any atom is 0.196 e. The zero-order valence-corrected chi connectivity index (χ0v) is 17.2. The van der Waals surface area contributed by atoms with Crippen LogP contribution in [-0.4, -0.2) is 26.3 Å². The van der Waals surface area contributed by atoms with Gasteiger partial charge in [0, 0.05) is 27.6 Å². The number of carbonyl (C=O) groups excluding carboxylic acids is 1. The highest BCUT2D eigenvalue weighted by Crippen LogP contribution is 2.25. The molecule has 0 aliphatic carbocycles. The highest BCUT2D eigenvalue weighted by Gasteiger charge is 2.17. The van der Waals surface area contributed by atoms with Gasteiger partial charge in [0.15, 0.2) is 10.9 Å². The second kappa shape index (κ2) is 8.73. The lowest BCUT2D eigenvalue weighted by Crippen LogP contribution is -2.06. The number of nitrogens with zero attached hydrogens (tertiary/aromatic N) is 3. The van der Waals surface area contributed by atoms with Crippen LogP contribution in [0.5, 0.6) is 0 Å². The van der Waals surface area contributed by atoms with Crippen LogP contribution in [-0.2, 0) is 6.42 Å². The van der Waals surface area contributed by atoms with Crippen molar-refractivity contribution in [2.75, 3.05) is 5.75 Å². The number of para-hydroxylation sites is 1. The minimum atomic E-state index is 0.0316. The van der Waals surface area contributed by atoms with Crippen molar-refractivity contribution in [3.63, 3.8) is 0 Å². The zero-order chi connectivity index (χ0) is 19.3. The number of Topliss-reactive ketones (excluding diaryl/α,β-unsaturated/α-hetero) is 1. The van der Waals surface area contributed by atoms with Crippen LogP contribution < -0.4 is 0 Å². The first-order chi connectivity index (χ1) is 13.7. The molecule has 2 aromatic heterocycles. The summed E-state index contributed by atoms with van der Waals surface area (Å²) in [5.74, 6) is 1.17. The first kappa shape index (κ1) is 18.9. The topological polar surface area (TPSA) is 47.8 Å². The smallest absolute Gasteiger partial charge is 0.196 e. The molecule has 4 aromatic rings. The molecule has 0 aliphatic heterocycles. The van der Waals surface area contributed by atoms with E-state index < -0.39 is 0 Å². The second-order valence-electron chi connectivity index (χ2n) is 6.04. The molecule has 4 nitrogen and oxygen atoms in total. The molecule has 7 heteroatoms. The third-order valence-electron chi connectivity index (χ3n) is 4.13. The lowest BCUT2D eigenvalue weighted by Gasteiger charge is -2.09. The Labute approximate surface area is 176 Å². The first-order valence-electron chi connectivity index (χ1n) is 8.64. The number of carbonyl (C=O) groups is 1. The van der Waals surface area contributed by atoms with Gasteiger partial charge in [-0.25, -0.2) is 0 Å². The summed E-state index contributed by atoms with van der Waals surface area (Å²) < 4.78 is 2.03. The molecule has 0 fully saturated rings. The average molecular weight is 426 g/mol. The van der Waals surface area contributed by atoms with E-state index >= 15 is 0 Å². The summed E-state index contributed by atoms with van der Waals surface area (Å²) in [5.41, 5.74) is 1.63. The van der Waals surface area contributed by atoms with Crippen LogP contribution in [0.3, 0.4) is 0 Å². The molecule has 2 heterocycles. The Morgan fingerprint density at radius 1 is 1.00 bits per heavy atom. The lowest BCUT2D eigenvalue weighted by molar-refractivity contribution is 0.102. The maximum atomic E-state index is 12.5. The Morgan fingerprint density at radius 3 is 2.50 bits per heavy atom. The van der Waals surface area contributed by atoms with Gasteiger partial charge in [0.25, 0.3) is 0 Å². The largest absolute Gasteiger partial charge is 0.293 e. The Morgan fingerprint density at radius 2 is 1.79 bits per heavy atom. The summed E-state index contributed by atoms with van der Waals surface area (Å²) in [7, 11) is 0. The number of thioether (sulfide) groups is 1. The molecule has 0 unspecified atom stereocenters. The number of hydrogen-bond donors (Lipinski definition) is 0. The van der Waals surface area contributed by atoms with Crippen molar-refractivity contribution in [2.24, 2.45) is 0 Å². The third kappa shape index (κ3) is 4.35. The predicted octanol–water partition coefficient (Wildman–Crippen LogP) is 5.55. The van der Waals surface area contributed by atoms with E-state index in [-0.39, 0.29) is 11.5 Å². The molecule has 0 amide bonds. The number of thiophene rings is 1. The van der Waals surface area contributed by atoms with Gasteiger partial charge in [0.05, 0.1) is 5.75 Å². The van der Waals surface area contributed by atoms with Crippen LogP contribution in [0.25, 0.3) is 5.69 Å². The van der Waals surface area contributed by atoms with Gasteiger partial charge < -0.3 is 0 Å². The van der Waals surface area contributed by atoms with Crippen molar-refractivity contribution in [1.82, 2.24) is 14.8 Å². The van der Waals surface area contributed by atoms with Crippen LogP contribution in [0.15, 0.2) is 77.3 Å². The monoisotopic (exact) mass is 425 g/mol. The van der Waals surface area contributed by atoms with E-state index in [1.165, 1.54) is 16.6 Å². The number of ketones is 1. The quantitative estimate of drug-likeness (QED) is 0.288. The van der Waals surface area contributed by atoms with Crippen molar-refractivity contribution in [1.29, 1.82) is 0 Å². The molecule has 0 atom stereocenters. The Kier molecular flexibility index (Phi) is 5.90. The van der Waals surface area contributed by atoms with E-state index in [4.69, 9.17) is 11.6 Å². The maximum absolute atomic E-state index is 12.5. The van der Waals surface area contributed by atoms with Crippen LogP contribution in [0, 0.1) is 0 Å². The van der Waals surface area contributed by atoms with Crippen molar-refractivity contribution < 1.29 is 4.79 Å². The number of halogens is 1. The van der Waals surface area contributed by atoms with Crippen molar-refractivity contribution in [2.45, 2.75) is 11.6 Å². The van der Waals surface area contributed by atoms with E-state index in [0.29, 0.717) is 22.2 Å². The van der Waals surface area contributed by atoms with Gasteiger partial charge in [-0.2, -0.15) is 0 Å². The van der Waals surface area contributed by atoms with Crippen molar-refractivity contribution in [3.05, 3.63) is 93.4 Å². The number of benzene rings is 2. The standard InChI is InChI=1S/C21H16ClN3OS2/c22-16-10-8-15(9-11-16)19(26)14-28-21-24-23-20(13-18-7-4-12-27-18)25(21)17-5-2-1-3-6-17/h1-12H,13-14H2. The van der Waals surface area contributed by atoms with E-state index in [1.807, 2.05) is 41.0 Å². The van der Waals surface area contributed by atoms with Gasteiger partial charge >= 0.3 is 0 Å². The number of rotatable bonds is 7. The molecule has 140 valence electrons. The van der Waals surface area contributed by atoms with Gasteiger partial charge in [-0.05, 0) is 47.8 Å². The van der Waals surface area contributed by atoms with Crippen LogP contribution in [0.1, 0.15) is 21.1 Å². The normalized spacial score (nSPS) is 10.9. The first-order valence-corrected chi connectivity index (χ1v) is 10.9. The fourth-order valence-electron chi connectivity index (χ4n) is 2.76. The lowest BCUT2D eigenvalue weighted by atomic mass is 10.1. The molecule has 0 aliphatic rings. The molecule has 0 N–H and O–H groups in total. The molecule has 0 saturated carbocycles. The molecule has 28 heavy (non-hydrogen) atoms. The van der Waals surface area contributed by atoms with E-state index in [2.05, 4.69) is 21.6 Å². The molecule has 0 bridgehead atoms. The van der Waals surface area contributed by atoms with Gasteiger partial charge in [0.2, 0.25) is 0 Å². The van der Waals surface area contributed by atoms with Crippen LogP contribution in [0.2, 0.25) is 5.02 Å². The Bertz CT molecular complexity index is 1060. The molecule has 0 spiro atoms. The number of aromatic nitrogens is 3. The summed E-state index contributed by atoms with van der Waals surface area (Å²) >= 11 is 8.99. The van der Waals surface area contributed by atoms with Gasteiger partial charge in [-0.15, -0.1) is 21.5 Å². The minimum absolute atomic E-state index is 0.0316. The number of hydrogen-bond acceptors (Lipinski definition) is 5. The molecular formula is C21H16ClN3OS2. The zero-order valence-electron chi connectivity index (χ0n) is 14.8. The summed E-state index contributed by atoms with van der Waals surface area (Å²) in [6, 6.07) is 21.0. The predicted molar refractivity (Wildman–Crippen MR) is 115 cm³/mol. The van der Waals surface area contributed by atoms with Gasteiger partial charge in [-0.3, -0.25) is 9.36 Å². The summed E-state index contributed by atoms with van der Waals surface area (Å²) in [6.45, 7) is 0. The second-order valence-corrected chi connectivity index (χ2v) is 8.46. The Balaban J connectivity index is 1.58.